The molecule has 6 nitrogen and oxygen atoms in total. The third-order valence-electron chi connectivity index (χ3n) is 6.15. The molecule has 1 aromatic heterocycles. The number of carbonyl (C=O) groups is 1. The van der Waals surface area contributed by atoms with Crippen molar-refractivity contribution in [2.24, 2.45) is 12.8 Å². The molecule has 9 heteroatoms. The highest BCUT2D eigenvalue weighted by Gasteiger charge is 2.38. The fourth-order valence-electron chi connectivity index (χ4n) is 4.48. The number of halogens is 3. The Balaban J connectivity index is 2.08. The molecular weight excluding hydrogens is 461 g/mol. The third kappa shape index (κ3) is 4.28. The highest BCUT2D eigenvalue weighted by Crippen LogP contribution is 2.42. The molecule has 4 rings (SSSR count). The first-order valence-electron chi connectivity index (χ1n) is 10.8. The number of alkyl halides is 3. The number of aromatic nitrogens is 1. The van der Waals surface area contributed by atoms with Crippen LogP contribution in [-0.2, 0) is 35.8 Å². The summed E-state index contributed by atoms with van der Waals surface area (Å²) in [5.74, 6) is -0.611. The van der Waals surface area contributed by atoms with Crippen molar-refractivity contribution in [1.82, 2.24) is 4.57 Å². The lowest BCUT2D eigenvalue weighted by Crippen LogP contribution is -2.33. The van der Waals surface area contributed by atoms with Gasteiger partial charge in [0, 0.05) is 12.4 Å². The summed E-state index contributed by atoms with van der Waals surface area (Å²) in [6, 6.07) is 12.9. The molecule has 0 spiro atoms. The zero-order chi connectivity index (χ0) is 25.5. The van der Waals surface area contributed by atoms with E-state index in [4.69, 9.17) is 5.73 Å². The van der Waals surface area contributed by atoms with Crippen molar-refractivity contribution in [2.45, 2.75) is 25.2 Å². The van der Waals surface area contributed by atoms with E-state index in [1.165, 1.54) is 43.0 Å². The van der Waals surface area contributed by atoms with Crippen LogP contribution in [0.15, 0.2) is 59.4 Å². The topological polar surface area (TPSA) is 94.5 Å². The number of fused-ring (bicyclic) bond motifs is 2. The van der Waals surface area contributed by atoms with Crippen molar-refractivity contribution in [1.29, 1.82) is 0 Å². The number of aliphatic hydroxyl groups is 1. The number of benzene rings is 3. The Hall–Kier alpha value is -3.69. The number of aryl methyl sites for hydroxylation is 1. The number of carbonyl (C=O) groups excluding carboxylic acids is 1. The minimum Gasteiger partial charge on any atom is -0.468 e. The van der Waals surface area contributed by atoms with Gasteiger partial charge in [0.05, 0.1) is 30.4 Å². The average Bonchev–Trinajstić information content (AvgIpc) is 2.84. The summed E-state index contributed by atoms with van der Waals surface area (Å²) in [6.07, 6.45) is -4.74. The number of ether oxygens (including phenoxy) is 1. The van der Waals surface area contributed by atoms with Crippen molar-refractivity contribution >= 4 is 27.6 Å². The van der Waals surface area contributed by atoms with E-state index in [9.17, 15) is 27.9 Å². The molecule has 0 aliphatic rings. The molecule has 0 amide bonds. The summed E-state index contributed by atoms with van der Waals surface area (Å²) in [5.41, 5.74) is 4.72. The second kappa shape index (κ2) is 9.16. The van der Waals surface area contributed by atoms with Gasteiger partial charge in [0.15, 0.2) is 0 Å². The van der Waals surface area contributed by atoms with Gasteiger partial charge < -0.3 is 20.1 Å². The van der Waals surface area contributed by atoms with Crippen LogP contribution in [-0.4, -0.2) is 28.8 Å². The average molecular weight is 484 g/mol. The molecule has 1 heterocycles. The molecule has 0 unspecified atom stereocenters. The molecule has 0 saturated heterocycles. The molecule has 3 N–H and O–H groups in total. The number of methoxy groups -OCH3 is 1. The Bertz CT molecular complexity index is 1510. The van der Waals surface area contributed by atoms with Gasteiger partial charge >= 0.3 is 12.1 Å². The van der Waals surface area contributed by atoms with Gasteiger partial charge in [0.1, 0.15) is 6.04 Å². The predicted molar refractivity (Wildman–Crippen MR) is 127 cm³/mol. The van der Waals surface area contributed by atoms with Crippen LogP contribution in [0.2, 0.25) is 0 Å². The standard InChI is InChI=1S/C26H23F3N2O4/c1-31-21-10-9-14(13-32)11-19(21)23(26(27,28)29)22(24(31)33)18-8-4-6-16-15(5-3-7-17(16)18)12-20(30)25(34)35-2/h3-11,20,32H,12-13,30H2,1-2H3/t20-/m0/s1. The smallest absolute Gasteiger partial charge is 0.417 e. The number of esters is 1. The Kier molecular flexibility index (Phi) is 6.40. The maximum Gasteiger partial charge on any atom is 0.417 e. The zero-order valence-electron chi connectivity index (χ0n) is 19.0. The number of aliphatic hydroxyl groups excluding tert-OH is 1. The maximum absolute atomic E-state index is 14.5. The molecule has 1 atom stereocenters. The SMILES string of the molecule is COC(=O)[C@@H](N)Cc1cccc2c(-c3c(C(F)(F)F)c4cc(CO)ccc4n(C)c3=O)cccc12. The lowest BCUT2D eigenvalue weighted by molar-refractivity contribution is -0.142. The van der Waals surface area contributed by atoms with Crippen LogP contribution in [0.5, 0.6) is 0 Å². The number of rotatable bonds is 5. The number of hydrogen-bond acceptors (Lipinski definition) is 5. The summed E-state index contributed by atoms with van der Waals surface area (Å²) in [5, 5.41) is 10.3. The molecule has 0 fully saturated rings. The molecule has 3 aromatic carbocycles. The van der Waals surface area contributed by atoms with Gasteiger partial charge in [-0.2, -0.15) is 13.2 Å². The highest BCUT2D eigenvalue weighted by molar-refractivity contribution is 6.01. The normalized spacial score (nSPS) is 12.8. The quantitative estimate of drug-likeness (QED) is 0.419. The van der Waals surface area contributed by atoms with E-state index in [-0.39, 0.29) is 22.9 Å². The zero-order valence-corrected chi connectivity index (χ0v) is 19.0. The third-order valence-corrected chi connectivity index (χ3v) is 6.15. The van der Waals surface area contributed by atoms with Crippen molar-refractivity contribution in [3.8, 4) is 11.1 Å². The van der Waals surface area contributed by atoms with Crippen LogP contribution < -0.4 is 11.3 Å². The van der Waals surface area contributed by atoms with E-state index in [0.29, 0.717) is 21.9 Å². The van der Waals surface area contributed by atoms with E-state index in [2.05, 4.69) is 4.74 Å². The van der Waals surface area contributed by atoms with Crippen LogP contribution in [0.4, 0.5) is 13.2 Å². The van der Waals surface area contributed by atoms with Crippen molar-refractivity contribution in [3.63, 3.8) is 0 Å². The Morgan fingerprint density at radius 1 is 1.09 bits per heavy atom. The first-order valence-corrected chi connectivity index (χ1v) is 10.8. The van der Waals surface area contributed by atoms with Gasteiger partial charge in [-0.25, -0.2) is 0 Å². The van der Waals surface area contributed by atoms with Crippen molar-refractivity contribution < 1.29 is 27.8 Å². The molecule has 182 valence electrons. The first kappa shape index (κ1) is 24.4. The first-order chi connectivity index (χ1) is 16.6. The molecular formula is C26H23F3N2O4. The monoisotopic (exact) mass is 484 g/mol. The number of pyridine rings is 1. The number of hydrogen-bond donors (Lipinski definition) is 2. The summed E-state index contributed by atoms with van der Waals surface area (Å²) in [6.45, 7) is -0.441. The van der Waals surface area contributed by atoms with Crippen LogP contribution in [0.1, 0.15) is 16.7 Å². The van der Waals surface area contributed by atoms with Gasteiger partial charge in [-0.05, 0) is 46.0 Å². The second-order valence-corrected chi connectivity index (χ2v) is 8.27. The Morgan fingerprint density at radius 3 is 2.43 bits per heavy atom. The molecule has 4 aromatic rings. The maximum atomic E-state index is 14.5. The number of nitrogens with two attached hydrogens (primary N) is 1. The predicted octanol–water partition coefficient (Wildman–Crippen LogP) is 3.91. The molecule has 0 bridgehead atoms. The fraction of sp³-hybridized carbons (Fsp3) is 0.231. The summed E-state index contributed by atoms with van der Waals surface area (Å²) >= 11 is 0. The lowest BCUT2D eigenvalue weighted by atomic mass is 9.90. The molecule has 35 heavy (non-hydrogen) atoms. The van der Waals surface area contributed by atoms with Crippen LogP contribution in [0, 0.1) is 0 Å². The van der Waals surface area contributed by atoms with Crippen LogP contribution >= 0.6 is 0 Å². The van der Waals surface area contributed by atoms with E-state index in [1.807, 2.05) is 0 Å². The minimum atomic E-state index is -4.85. The van der Waals surface area contributed by atoms with E-state index >= 15 is 0 Å². The van der Waals surface area contributed by atoms with Crippen molar-refractivity contribution in [2.75, 3.05) is 7.11 Å². The minimum absolute atomic E-state index is 0.105. The summed E-state index contributed by atoms with van der Waals surface area (Å²) < 4.78 is 49.4. The summed E-state index contributed by atoms with van der Waals surface area (Å²) in [4.78, 5) is 25.2. The molecule has 0 saturated carbocycles. The van der Waals surface area contributed by atoms with E-state index < -0.39 is 41.5 Å². The van der Waals surface area contributed by atoms with Gasteiger partial charge in [0.25, 0.3) is 5.56 Å². The second-order valence-electron chi connectivity index (χ2n) is 8.27. The van der Waals surface area contributed by atoms with Gasteiger partial charge in [-0.15, -0.1) is 0 Å². The number of nitrogens with zero attached hydrogens (tertiary/aromatic N) is 1. The molecule has 0 aliphatic heterocycles. The fourth-order valence-corrected chi connectivity index (χ4v) is 4.48. The van der Waals surface area contributed by atoms with E-state index in [0.717, 1.165) is 0 Å². The Morgan fingerprint density at radius 2 is 1.77 bits per heavy atom. The van der Waals surface area contributed by atoms with Crippen molar-refractivity contribution in [3.05, 3.63) is 81.6 Å². The van der Waals surface area contributed by atoms with E-state index in [1.54, 1.807) is 30.3 Å². The lowest BCUT2D eigenvalue weighted by Gasteiger charge is -2.20. The Labute approximate surface area is 198 Å². The molecule has 0 radical (unpaired) electrons. The van der Waals surface area contributed by atoms with Gasteiger partial charge in [0.2, 0.25) is 0 Å². The van der Waals surface area contributed by atoms with Crippen LogP contribution in [0.25, 0.3) is 32.8 Å². The van der Waals surface area contributed by atoms with Gasteiger partial charge in [-0.1, -0.05) is 42.5 Å². The molecule has 0 aliphatic carbocycles. The van der Waals surface area contributed by atoms with Crippen LogP contribution in [0.3, 0.4) is 0 Å². The largest absolute Gasteiger partial charge is 0.468 e. The highest BCUT2D eigenvalue weighted by atomic mass is 19.4. The van der Waals surface area contributed by atoms with Gasteiger partial charge in [-0.3, -0.25) is 9.59 Å². The summed E-state index contributed by atoms with van der Waals surface area (Å²) in [7, 11) is 2.64.